The number of hydrogen-bond donors (Lipinski definition) is 0. The van der Waals surface area contributed by atoms with Crippen LogP contribution in [0.5, 0.6) is 0 Å². The molecule has 0 amide bonds. The van der Waals surface area contributed by atoms with Crippen molar-refractivity contribution in [1.29, 1.82) is 0 Å². The van der Waals surface area contributed by atoms with E-state index < -0.39 is 0 Å². The van der Waals surface area contributed by atoms with E-state index in [0.717, 1.165) is 10.7 Å². The van der Waals surface area contributed by atoms with Crippen LogP contribution in [0, 0.1) is 6.92 Å². The van der Waals surface area contributed by atoms with E-state index in [9.17, 15) is 0 Å². The molecule has 66 valence electrons. The Bertz CT molecular complexity index is 252. The molecular weight excluding hydrogens is 348 g/mol. The van der Waals surface area contributed by atoms with Crippen molar-refractivity contribution in [2.75, 3.05) is 0 Å². The first-order valence-electron chi connectivity index (χ1n) is 3.59. The van der Waals surface area contributed by atoms with Gasteiger partial charge in [-0.1, -0.05) is 53.9 Å². The summed E-state index contributed by atoms with van der Waals surface area (Å²) in [6.45, 7) is 2.11. The molecule has 0 unspecified atom stereocenters. The minimum absolute atomic E-state index is 0.910. The Morgan fingerprint density at radius 1 is 1.08 bits per heavy atom. The van der Waals surface area contributed by atoms with E-state index in [2.05, 4.69) is 66.8 Å². The van der Waals surface area contributed by atoms with Gasteiger partial charge in [0.25, 0.3) is 0 Å². The SMILES string of the molecule is Cc1cc(CBr)c(CBr)cc1Br. The van der Waals surface area contributed by atoms with Crippen molar-refractivity contribution < 1.29 is 0 Å². The van der Waals surface area contributed by atoms with E-state index in [1.807, 2.05) is 0 Å². The second kappa shape index (κ2) is 4.77. The monoisotopic (exact) mass is 354 g/mol. The van der Waals surface area contributed by atoms with E-state index in [1.54, 1.807) is 0 Å². The molecule has 0 N–H and O–H groups in total. The molecule has 0 heterocycles. The summed E-state index contributed by atoms with van der Waals surface area (Å²) in [6, 6.07) is 4.37. The molecule has 0 aliphatic rings. The maximum absolute atomic E-state index is 3.51. The molecule has 0 radical (unpaired) electrons. The zero-order chi connectivity index (χ0) is 9.14. The fraction of sp³-hybridized carbons (Fsp3) is 0.333. The molecule has 0 aromatic heterocycles. The molecule has 0 aliphatic carbocycles. The van der Waals surface area contributed by atoms with Crippen LogP contribution in [0.15, 0.2) is 16.6 Å². The molecule has 0 atom stereocenters. The maximum atomic E-state index is 3.51. The second-order valence-electron chi connectivity index (χ2n) is 2.64. The van der Waals surface area contributed by atoms with E-state index in [1.165, 1.54) is 21.2 Å². The van der Waals surface area contributed by atoms with E-state index in [0.29, 0.717) is 0 Å². The van der Waals surface area contributed by atoms with Crippen LogP contribution in [0.1, 0.15) is 16.7 Å². The number of aryl methyl sites for hydroxylation is 1. The number of hydrogen-bond acceptors (Lipinski definition) is 0. The summed E-state index contributed by atoms with van der Waals surface area (Å²) in [7, 11) is 0. The fourth-order valence-electron chi connectivity index (χ4n) is 1.03. The molecule has 1 aromatic rings. The molecule has 0 fully saturated rings. The highest BCUT2D eigenvalue weighted by Crippen LogP contribution is 2.24. The third kappa shape index (κ3) is 2.33. The van der Waals surface area contributed by atoms with Crippen LogP contribution in [-0.4, -0.2) is 0 Å². The van der Waals surface area contributed by atoms with Gasteiger partial charge in [0, 0.05) is 15.1 Å². The van der Waals surface area contributed by atoms with Crippen molar-refractivity contribution in [1.82, 2.24) is 0 Å². The molecule has 0 spiro atoms. The largest absolute Gasteiger partial charge is 0.0876 e. The number of alkyl halides is 2. The van der Waals surface area contributed by atoms with Crippen LogP contribution < -0.4 is 0 Å². The van der Waals surface area contributed by atoms with Crippen molar-refractivity contribution in [3.63, 3.8) is 0 Å². The zero-order valence-electron chi connectivity index (χ0n) is 6.70. The summed E-state index contributed by atoms with van der Waals surface area (Å²) in [5.74, 6) is 0. The number of halogens is 3. The Labute approximate surface area is 98.1 Å². The molecule has 3 heteroatoms. The van der Waals surface area contributed by atoms with Crippen molar-refractivity contribution in [2.45, 2.75) is 17.6 Å². The third-order valence-electron chi connectivity index (χ3n) is 1.77. The van der Waals surface area contributed by atoms with Crippen molar-refractivity contribution in [2.24, 2.45) is 0 Å². The van der Waals surface area contributed by atoms with Gasteiger partial charge in [-0.05, 0) is 29.7 Å². The van der Waals surface area contributed by atoms with Gasteiger partial charge >= 0.3 is 0 Å². The molecule has 0 saturated heterocycles. The molecule has 0 bridgehead atoms. The predicted octanol–water partition coefficient (Wildman–Crippen LogP) is 4.55. The average molecular weight is 357 g/mol. The van der Waals surface area contributed by atoms with Crippen molar-refractivity contribution in [3.05, 3.63) is 33.3 Å². The Morgan fingerprint density at radius 3 is 2.08 bits per heavy atom. The van der Waals surface area contributed by atoms with Gasteiger partial charge in [0.15, 0.2) is 0 Å². The van der Waals surface area contributed by atoms with Gasteiger partial charge in [0.2, 0.25) is 0 Å². The van der Waals surface area contributed by atoms with Crippen molar-refractivity contribution in [3.8, 4) is 0 Å². The lowest BCUT2D eigenvalue weighted by Crippen LogP contribution is -1.90. The molecule has 1 rings (SSSR count). The summed E-state index contributed by atoms with van der Waals surface area (Å²) in [6.07, 6.45) is 0. The van der Waals surface area contributed by atoms with E-state index in [-0.39, 0.29) is 0 Å². The normalized spacial score (nSPS) is 10.3. The number of rotatable bonds is 2. The Hall–Kier alpha value is 0.660. The molecule has 1 aromatic carbocycles. The lowest BCUT2D eigenvalue weighted by Gasteiger charge is -2.07. The summed E-state index contributed by atoms with van der Waals surface area (Å²) in [5.41, 5.74) is 3.98. The van der Waals surface area contributed by atoms with Gasteiger partial charge in [-0.25, -0.2) is 0 Å². The van der Waals surface area contributed by atoms with Gasteiger partial charge in [0.05, 0.1) is 0 Å². The van der Waals surface area contributed by atoms with Crippen LogP contribution >= 0.6 is 47.8 Å². The van der Waals surface area contributed by atoms with Crippen LogP contribution in [0.2, 0.25) is 0 Å². The molecule has 0 nitrogen and oxygen atoms in total. The quantitative estimate of drug-likeness (QED) is 0.682. The van der Waals surface area contributed by atoms with Gasteiger partial charge in [-0.15, -0.1) is 0 Å². The molecule has 0 saturated carbocycles. The van der Waals surface area contributed by atoms with Gasteiger partial charge in [0.1, 0.15) is 0 Å². The Kier molecular flexibility index (Phi) is 4.27. The summed E-state index contributed by atoms with van der Waals surface area (Å²) < 4.78 is 1.18. The summed E-state index contributed by atoms with van der Waals surface area (Å²) >= 11 is 10.5. The average Bonchev–Trinajstić information content (AvgIpc) is 2.09. The fourth-order valence-corrected chi connectivity index (χ4v) is 2.47. The second-order valence-corrected chi connectivity index (χ2v) is 4.61. The highest BCUT2D eigenvalue weighted by Gasteiger charge is 2.03. The van der Waals surface area contributed by atoms with Crippen LogP contribution in [0.3, 0.4) is 0 Å². The van der Waals surface area contributed by atoms with E-state index >= 15 is 0 Å². The highest BCUT2D eigenvalue weighted by molar-refractivity contribution is 9.10. The Balaban J connectivity index is 3.19. The van der Waals surface area contributed by atoms with Crippen LogP contribution in [0.25, 0.3) is 0 Å². The Morgan fingerprint density at radius 2 is 1.58 bits per heavy atom. The van der Waals surface area contributed by atoms with Crippen LogP contribution in [-0.2, 0) is 10.7 Å². The highest BCUT2D eigenvalue weighted by atomic mass is 79.9. The van der Waals surface area contributed by atoms with Crippen LogP contribution in [0.4, 0.5) is 0 Å². The maximum Gasteiger partial charge on any atom is 0.0286 e. The van der Waals surface area contributed by atoms with Gasteiger partial charge < -0.3 is 0 Å². The smallest absolute Gasteiger partial charge is 0.0286 e. The molecule has 0 aliphatic heterocycles. The number of benzene rings is 1. The molecule has 12 heavy (non-hydrogen) atoms. The minimum atomic E-state index is 0.910. The van der Waals surface area contributed by atoms with E-state index in [4.69, 9.17) is 0 Å². The standard InChI is InChI=1S/C9H9Br3/c1-6-2-7(4-10)8(5-11)3-9(6)12/h2-3H,4-5H2,1H3. The first kappa shape index (κ1) is 10.7. The summed E-state index contributed by atoms with van der Waals surface area (Å²) in [5, 5.41) is 1.83. The lowest BCUT2D eigenvalue weighted by atomic mass is 10.1. The minimum Gasteiger partial charge on any atom is -0.0876 e. The van der Waals surface area contributed by atoms with Gasteiger partial charge in [-0.2, -0.15) is 0 Å². The first-order valence-corrected chi connectivity index (χ1v) is 6.62. The zero-order valence-corrected chi connectivity index (χ0v) is 11.5. The van der Waals surface area contributed by atoms with Crippen molar-refractivity contribution >= 4 is 47.8 Å². The van der Waals surface area contributed by atoms with Gasteiger partial charge in [-0.3, -0.25) is 0 Å². The first-order chi connectivity index (χ1) is 5.69. The summed E-state index contributed by atoms with van der Waals surface area (Å²) in [4.78, 5) is 0. The third-order valence-corrected chi connectivity index (χ3v) is 3.83. The lowest BCUT2D eigenvalue weighted by molar-refractivity contribution is 1.25. The topological polar surface area (TPSA) is 0 Å². The molecular formula is C9H9Br3. The predicted molar refractivity (Wildman–Crippen MR) is 64.1 cm³/mol.